The Morgan fingerprint density at radius 2 is 2.11 bits per heavy atom. The summed E-state index contributed by atoms with van der Waals surface area (Å²) in [6.07, 6.45) is 0. The van der Waals surface area contributed by atoms with Crippen LogP contribution in [-0.2, 0) is 0 Å². The third-order valence-corrected chi connectivity index (χ3v) is 2.35. The number of ether oxygens (including phenoxy) is 1. The molecule has 6 nitrogen and oxygen atoms in total. The van der Waals surface area contributed by atoms with Crippen molar-refractivity contribution < 1.29 is 14.5 Å². The van der Waals surface area contributed by atoms with E-state index in [-0.39, 0.29) is 17.0 Å². The van der Waals surface area contributed by atoms with Crippen LogP contribution in [0.1, 0.15) is 17.3 Å². The number of carbonyl (C=O) groups excluding carboxylic acids is 1. The maximum Gasteiger partial charge on any atom is 0.280 e. The molecule has 98 valence electrons. The molecule has 1 rings (SSSR count). The predicted octanol–water partition coefficient (Wildman–Crippen LogP) is 1.74. The van der Waals surface area contributed by atoms with Crippen LogP contribution in [0.3, 0.4) is 0 Å². The molecule has 6 heteroatoms. The van der Waals surface area contributed by atoms with Crippen LogP contribution in [0.15, 0.2) is 18.2 Å². The first kappa shape index (κ1) is 14.1. The molecular formula is C12H16N2O4. The normalized spacial score (nSPS) is 10.4. The number of hydrogen-bond acceptors (Lipinski definition) is 5. The average Bonchev–Trinajstić information content (AvgIpc) is 2.28. The lowest BCUT2D eigenvalue weighted by Crippen LogP contribution is -2.19. The van der Waals surface area contributed by atoms with E-state index >= 15 is 0 Å². The molecule has 0 saturated carbocycles. The molecule has 0 aliphatic heterocycles. The summed E-state index contributed by atoms with van der Waals surface area (Å²) in [5, 5.41) is 10.7. The van der Waals surface area contributed by atoms with Gasteiger partial charge in [-0.25, -0.2) is 0 Å². The van der Waals surface area contributed by atoms with Crippen LogP contribution in [0.2, 0.25) is 0 Å². The zero-order valence-electron chi connectivity index (χ0n) is 10.7. The fraction of sp³-hybridized carbons (Fsp3) is 0.417. The minimum absolute atomic E-state index is 0.0716. The fourth-order valence-corrected chi connectivity index (χ4v) is 1.39. The molecule has 0 aromatic heterocycles. The first-order valence-electron chi connectivity index (χ1n) is 5.48. The Hall–Kier alpha value is -1.95. The summed E-state index contributed by atoms with van der Waals surface area (Å²) in [6, 6.07) is 4.21. The van der Waals surface area contributed by atoms with Gasteiger partial charge in [0.05, 0.1) is 10.5 Å². The minimum atomic E-state index is -0.569. The van der Waals surface area contributed by atoms with Gasteiger partial charge >= 0.3 is 0 Å². The van der Waals surface area contributed by atoms with E-state index < -0.39 is 4.92 Å². The van der Waals surface area contributed by atoms with Gasteiger partial charge in [0.25, 0.3) is 5.69 Å². The highest BCUT2D eigenvalue weighted by Crippen LogP contribution is 2.24. The van der Waals surface area contributed by atoms with Crippen LogP contribution >= 0.6 is 0 Å². The molecule has 0 N–H and O–H groups in total. The van der Waals surface area contributed by atoms with E-state index in [2.05, 4.69) is 0 Å². The van der Waals surface area contributed by atoms with Crippen molar-refractivity contribution in [1.82, 2.24) is 4.90 Å². The molecule has 18 heavy (non-hydrogen) atoms. The second-order valence-electron chi connectivity index (χ2n) is 4.14. The lowest BCUT2D eigenvalue weighted by atomic mass is 10.1. The van der Waals surface area contributed by atoms with Crippen molar-refractivity contribution in [2.75, 3.05) is 27.2 Å². The van der Waals surface area contributed by atoms with Crippen LogP contribution in [0, 0.1) is 10.1 Å². The number of benzene rings is 1. The summed E-state index contributed by atoms with van der Waals surface area (Å²) >= 11 is 0. The monoisotopic (exact) mass is 252 g/mol. The van der Waals surface area contributed by atoms with Gasteiger partial charge in [-0.1, -0.05) is 0 Å². The molecule has 0 saturated heterocycles. The first-order valence-corrected chi connectivity index (χ1v) is 5.48. The molecule has 0 atom stereocenters. The van der Waals surface area contributed by atoms with Crippen LogP contribution in [-0.4, -0.2) is 42.9 Å². The van der Waals surface area contributed by atoms with Crippen molar-refractivity contribution in [2.45, 2.75) is 6.92 Å². The SMILES string of the molecule is CC(=O)c1cc(OCCN(C)C)ccc1[N+](=O)[O-]. The third-order valence-electron chi connectivity index (χ3n) is 2.35. The molecule has 0 amide bonds. The van der Waals surface area contributed by atoms with Gasteiger partial charge < -0.3 is 9.64 Å². The lowest BCUT2D eigenvalue weighted by Gasteiger charge is -2.11. The van der Waals surface area contributed by atoms with Crippen LogP contribution in [0.4, 0.5) is 5.69 Å². The van der Waals surface area contributed by atoms with E-state index in [1.807, 2.05) is 19.0 Å². The Morgan fingerprint density at radius 3 is 2.61 bits per heavy atom. The molecule has 0 aliphatic rings. The van der Waals surface area contributed by atoms with Crippen molar-refractivity contribution in [3.8, 4) is 5.75 Å². The fourth-order valence-electron chi connectivity index (χ4n) is 1.39. The molecule has 1 aromatic rings. The molecule has 0 radical (unpaired) electrons. The summed E-state index contributed by atoms with van der Waals surface area (Å²) in [5.41, 5.74) is -0.121. The van der Waals surface area contributed by atoms with Gasteiger partial charge in [0.1, 0.15) is 12.4 Å². The highest BCUT2D eigenvalue weighted by Gasteiger charge is 2.17. The van der Waals surface area contributed by atoms with Crippen molar-refractivity contribution in [3.05, 3.63) is 33.9 Å². The van der Waals surface area contributed by atoms with E-state index in [1.54, 1.807) is 0 Å². The number of nitro benzene ring substituents is 1. The zero-order valence-corrected chi connectivity index (χ0v) is 10.7. The van der Waals surface area contributed by atoms with Crippen molar-refractivity contribution >= 4 is 11.5 Å². The quantitative estimate of drug-likeness (QED) is 0.438. The standard InChI is InChI=1S/C12H16N2O4/c1-9(15)11-8-10(18-7-6-13(2)3)4-5-12(11)14(16)17/h4-5,8H,6-7H2,1-3H3. The number of carbonyl (C=O) groups is 1. The smallest absolute Gasteiger partial charge is 0.280 e. The van der Waals surface area contributed by atoms with E-state index in [1.165, 1.54) is 25.1 Å². The lowest BCUT2D eigenvalue weighted by molar-refractivity contribution is -0.385. The second-order valence-corrected chi connectivity index (χ2v) is 4.14. The molecule has 0 fully saturated rings. The maximum absolute atomic E-state index is 11.3. The van der Waals surface area contributed by atoms with Crippen LogP contribution in [0.25, 0.3) is 0 Å². The number of hydrogen-bond donors (Lipinski definition) is 0. The molecule has 1 aromatic carbocycles. The maximum atomic E-state index is 11.3. The molecule has 0 bridgehead atoms. The van der Waals surface area contributed by atoms with Gasteiger partial charge in [-0.2, -0.15) is 0 Å². The molecular weight excluding hydrogens is 236 g/mol. The Morgan fingerprint density at radius 1 is 1.44 bits per heavy atom. The van der Waals surface area contributed by atoms with Crippen molar-refractivity contribution in [2.24, 2.45) is 0 Å². The summed E-state index contributed by atoms with van der Waals surface area (Å²) in [5.74, 6) is 0.118. The number of Topliss-reactive ketones (excluding diaryl/α,β-unsaturated/α-hetero) is 1. The third kappa shape index (κ3) is 3.81. The number of ketones is 1. The van der Waals surface area contributed by atoms with Gasteiger partial charge in [-0.3, -0.25) is 14.9 Å². The topological polar surface area (TPSA) is 72.7 Å². The van der Waals surface area contributed by atoms with Gasteiger partial charge in [0.2, 0.25) is 0 Å². The predicted molar refractivity (Wildman–Crippen MR) is 67.1 cm³/mol. The zero-order chi connectivity index (χ0) is 13.7. The number of nitrogens with zero attached hydrogens (tertiary/aromatic N) is 2. The number of rotatable bonds is 6. The molecule has 0 aliphatic carbocycles. The van der Waals surface area contributed by atoms with Crippen LogP contribution in [0.5, 0.6) is 5.75 Å². The highest BCUT2D eigenvalue weighted by atomic mass is 16.6. The highest BCUT2D eigenvalue weighted by molar-refractivity contribution is 5.98. The largest absolute Gasteiger partial charge is 0.492 e. The van der Waals surface area contributed by atoms with Crippen molar-refractivity contribution in [1.29, 1.82) is 0 Å². The van der Waals surface area contributed by atoms with Crippen molar-refractivity contribution in [3.63, 3.8) is 0 Å². The van der Waals surface area contributed by atoms with E-state index in [9.17, 15) is 14.9 Å². The van der Waals surface area contributed by atoms with E-state index in [4.69, 9.17) is 4.74 Å². The Balaban J connectivity index is 2.87. The Labute approximate surface area is 105 Å². The van der Waals surface area contributed by atoms with E-state index in [0.717, 1.165) is 6.54 Å². The summed E-state index contributed by atoms with van der Waals surface area (Å²) < 4.78 is 5.43. The summed E-state index contributed by atoms with van der Waals surface area (Å²) in [4.78, 5) is 23.5. The average molecular weight is 252 g/mol. The molecule has 0 unspecified atom stereocenters. The van der Waals surface area contributed by atoms with Gasteiger partial charge in [0, 0.05) is 12.6 Å². The second kappa shape index (κ2) is 6.11. The Bertz CT molecular complexity index is 457. The summed E-state index contributed by atoms with van der Waals surface area (Å²) in [7, 11) is 3.83. The van der Waals surface area contributed by atoms with Gasteiger partial charge in [0.15, 0.2) is 5.78 Å². The number of likely N-dealkylation sites (N-methyl/N-ethyl adjacent to an activating group) is 1. The first-order chi connectivity index (χ1) is 8.41. The Kier molecular flexibility index (Phi) is 4.79. The summed E-state index contributed by atoms with van der Waals surface area (Å²) in [6.45, 7) is 2.49. The minimum Gasteiger partial charge on any atom is -0.492 e. The van der Waals surface area contributed by atoms with Gasteiger partial charge in [-0.05, 0) is 33.2 Å². The molecule has 0 spiro atoms. The van der Waals surface area contributed by atoms with E-state index in [0.29, 0.717) is 12.4 Å². The van der Waals surface area contributed by atoms with Gasteiger partial charge in [-0.15, -0.1) is 0 Å². The molecule has 0 heterocycles. The number of nitro groups is 1. The van der Waals surface area contributed by atoms with Crippen LogP contribution < -0.4 is 4.74 Å².